The normalized spacial score (nSPS) is 10.9. The van der Waals surface area contributed by atoms with Crippen LogP contribution < -0.4 is 10.1 Å². The summed E-state index contributed by atoms with van der Waals surface area (Å²) >= 11 is 1.34. The van der Waals surface area contributed by atoms with Gasteiger partial charge in [0.15, 0.2) is 6.61 Å². The minimum absolute atomic E-state index is 0.0668. The third-order valence-electron chi connectivity index (χ3n) is 4.12. The lowest BCUT2D eigenvalue weighted by Crippen LogP contribution is -2.20. The molecule has 0 spiro atoms. The molecule has 0 saturated heterocycles. The maximum Gasteiger partial charge on any atom is 0.264 e. The summed E-state index contributed by atoms with van der Waals surface area (Å²) < 4.78 is 5.76. The third kappa shape index (κ3) is 4.92. The smallest absolute Gasteiger partial charge is 0.264 e. The first-order chi connectivity index (χ1) is 12.9. The van der Waals surface area contributed by atoms with E-state index >= 15 is 0 Å². The summed E-state index contributed by atoms with van der Waals surface area (Å²) in [5.74, 6) is 0.819. The number of hydrogen-bond donors (Lipinski definition) is 1. The first kappa shape index (κ1) is 19.0. The average Bonchev–Trinajstić information content (AvgIpc) is 3.08. The first-order valence-corrected chi connectivity index (χ1v) is 9.68. The van der Waals surface area contributed by atoms with Crippen molar-refractivity contribution in [2.45, 2.75) is 33.6 Å². The Kier molecular flexibility index (Phi) is 5.86. The van der Waals surface area contributed by atoms with Crippen molar-refractivity contribution in [1.29, 1.82) is 0 Å². The van der Waals surface area contributed by atoms with E-state index in [1.807, 2.05) is 50.2 Å². The molecule has 0 bridgehead atoms. The zero-order valence-corrected chi connectivity index (χ0v) is 16.8. The van der Waals surface area contributed by atoms with E-state index in [1.165, 1.54) is 16.9 Å². The van der Waals surface area contributed by atoms with Crippen LogP contribution in [0.15, 0.2) is 42.5 Å². The molecule has 1 amide bonds. The first-order valence-electron chi connectivity index (χ1n) is 8.86. The average molecular weight is 382 g/mol. The van der Waals surface area contributed by atoms with Crippen molar-refractivity contribution in [3.8, 4) is 16.3 Å². The maximum atomic E-state index is 12.2. The van der Waals surface area contributed by atoms with Gasteiger partial charge in [-0.05, 0) is 37.0 Å². The number of benzene rings is 2. The molecule has 3 aromatic rings. The van der Waals surface area contributed by atoms with Crippen molar-refractivity contribution in [2.24, 2.45) is 0 Å². The predicted octanol–water partition coefficient (Wildman–Crippen LogP) is 4.96. The summed E-state index contributed by atoms with van der Waals surface area (Å²) in [4.78, 5) is 12.2. The molecular weight excluding hydrogens is 358 g/mol. The highest BCUT2D eigenvalue weighted by Gasteiger charge is 2.13. The van der Waals surface area contributed by atoms with E-state index in [9.17, 15) is 4.79 Å². The fourth-order valence-corrected chi connectivity index (χ4v) is 3.39. The number of anilines is 1. The Morgan fingerprint density at radius 3 is 2.48 bits per heavy atom. The van der Waals surface area contributed by atoms with E-state index in [2.05, 4.69) is 35.4 Å². The molecule has 5 nitrogen and oxygen atoms in total. The second-order valence-electron chi connectivity index (χ2n) is 6.81. The van der Waals surface area contributed by atoms with E-state index in [4.69, 9.17) is 4.74 Å². The van der Waals surface area contributed by atoms with Crippen LogP contribution in [0.1, 0.15) is 36.5 Å². The summed E-state index contributed by atoms with van der Waals surface area (Å²) in [5.41, 5.74) is 4.36. The number of aryl methyl sites for hydroxylation is 2. The summed E-state index contributed by atoms with van der Waals surface area (Å²) in [7, 11) is 0. The Morgan fingerprint density at radius 2 is 1.78 bits per heavy atom. The van der Waals surface area contributed by atoms with E-state index < -0.39 is 0 Å². The van der Waals surface area contributed by atoms with Crippen LogP contribution in [-0.4, -0.2) is 22.7 Å². The van der Waals surface area contributed by atoms with Crippen molar-refractivity contribution in [3.63, 3.8) is 0 Å². The summed E-state index contributed by atoms with van der Waals surface area (Å²) in [6, 6.07) is 14.1. The summed E-state index contributed by atoms with van der Waals surface area (Å²) in [5, 5.41) is 12.2. The molecule has 0 aliphatic heterocycles. The number of carbonyl (C=O) groups excluding carboxylic acids is 1. The maximum absolute atomic E-state index is 12.2. The number of aromatic nitrogens is 2. The molecule has 1 heterocycles. The second kappa shape index (κ2) is 8.31. The summed E-state index contributed by atoms with van der Waals surface area (Å²) in [6.45, 7) is 8.18. The predicted molar refractivity (Wildman–Crippen MR) is 109 cm³/mol. The van der Waals surface area contributed by atoms with Gasteiger partial charge in [-0.2, -0.15) is 0 Å². The van der Waals surface area contributed by atoms with Gasteiger partial charge in [0.1, 0.15) is 10.8 Å². The van der Waals surface area contributed by atoms with Gasteiger partial charge >= 0.3 is 0 Å². The van der Waals surface area contributed by atoms with Crippen molar-refractivity contribution in [2.75, 3.05) is 11.9 Å². The quantitative estimate of drug-likeness (QED) is 0.655. The van der Waals surface area contributed by atoms with Gasteiger partial charge in [-0.1, -0.05) is 67.1 Å². The van der Waals surface area contributed by atoms with Crippen LogP contribution in [0, 0.1) is 13.8 Å². The van der Waals surface area contributed by atoms with Gasteiger partial charge in [0.2, 0.25) is 5.13 Å². The zero-order chi connectivity index (χ0) is 19.4. The van der Waals surface area contributed by atoms with Gasteiger partial charge in [0.05, 0.1) is 0 Å². The Hall–Kier alpha value is -2.73. The Morgan fingerprint density at radius 1 is 1.07 bits per heavy atom. The lowest BCUT2D eigenvalue weighted by molar-refractivity contribution is -0.118. The lowest BCUT2D eigenvalue weighted by atomic mass is 10.0. The van der Waals surface area contributed by atoms with Gasteiger partial charge in [-0.3, -0.25) is 10.1 Å². The molecule has 0 aliphatic rings. The number of carbonyl (C=O) groups is 1. The van der Waals surface area contributed by atoms with Crippen LogP contribution in [0.25, 0.3) is 10.6 Å². The Balaban J connectivity index is 1.62. The standard InChI is InChI=1S/C21H23N3O2S/c1-13(2)17-10-7-15(4)11-18(17)26-12-19(25)22-21-24-23-20(27-21)16-8-5-14(3)6-9-16/h5-11,13H,12H2,1-4H3,(H,22,24,25). The van der Waals surface area contributed by atoms with Crippen LogP contribution in [0.2, 0.25) is 0 Å². The van der Waals surface area contributed by atoms with Crippen molar-refractivity contribution in [3.05, 3.63) is 59.2 Å². The highest BCUT2D eigenvalue weighted by Crippen LogP contribution is 2.28. The van der Waals surface area contributed by atoms with E-state index in [-0.39, 0.29) is 12.5 Å². The van der Waals surface area contributed by atoms with Crippen LogP contribution in [0.3, 0.4) is 0 Å². The van der Waals surface area contributed by atoms with E-state index in [1.54, 1.807) is 0 Å². The molecule has 0 radical (unpaired) electrons. The molecule has 0 saturated carbocycles. The molecule has 1 N–H and O–H groups in total. The van der Waals surface area contributed by atoms with Gasteiger partial charge in [0.25, 0.3) is 5.91 Å². The van der Waals surface area contributed by atoms with Crippen LogP contribution in [-0.2, 0) is 4.79 Å². The number of amides is 1. The second-order valence-corrected chi connectivity index (χ2v) is 7.79. The SMILES string of the molecule is Cc1ccc(-c2nnc(NC(=O)COc3cc(C)ccc3C(C)C)s2)cc1. The highest BCUT2D eigenvalue weighted by atomic mass is 32.1. The Labute approximate surface area is 163 Å². The minimum atomic E-state index is -0.252. The van der Waals surface area contributed by atoms with Crippen LogP contribution in [0.4, 0.5) is 5.13 Å². The molecule has 0 fully saturated rings. The van der Waals surface area contributed by atoms with Gasteiger partial charge < -0.3 is 4.74 Å². The number of hydrogen-bond acceptors (Lipinski definition) is 5. The number of rotatable bonds is 6. The molecule has 2 aromatic carbocycles. The highest BCUT2D eigenvalue weighted by molar-refractivity contribution is 7.18. The van der Waals surface area contributed by atoms with E-state index in [0.29, 0.717) is 11.0 Å². The molecule has 27 heavy (non-hydrogen) atoms. The fourth-order valence-electron chi connectivity index (χ4n) is 2.63. The summed E-state index contributed by atoms with van der Waals surface area (Å²) in [6.07, 6.45) is 0. The molecule has 0 atom stereocenters. The van der Waals surface area contributed by atoms with Crippen LogP contribution >= 0.6 is 11.3 Å². The molecule has 0 aliphatic carbocycles. The molecule has 1 aromatic heterocycles. The van der Waals surface area contributed by atoms with Gasteiger partial charge in [-0.25, -0.2) is 0 Å². The molecule has 0 unspecified atom stereocenters. The topological polar surface area (TPSA) is 64.1 Å². The molecule has 140 valence electrons. The zero-order valence-electron chi connectivity index (χ0n) is 15.9. The fraction of sp³-hybridized carbons (Fsp3) is 0.286. The number of nitrogens with zero attached hydrogens (tertiary/aromatic N) is 2. The number of nitrogens with one attached hydrogen (secondary N) is 1. The number of ether oxygens (including phenoxy) is 1. The third-order valence-corrected chi connectivity index (χ3v) is 5.01. The van der Waals surface area contributed by atoms with Crippen molar-refractivity contribution in [1.82, 2.24) is 10.2 Å². The van der Waals surface area contributed by atoms with E-state index in [0.717, 1.165) is 27.4 Å². The van der Waals surface area contributed by atoms with Gasteiger partial charge in [0, 0.05) is 5.56 Å². The Bertz CT molecular complexity index is 933. The van der Waals surface area contributed by atoms with Crippen molar-refractivity contribution < 1.29 is 9.53 Å². The van der Waals surface area contributed by atoms with Crippen LogP contribution in [0.5, 0.6) is 5.75 Å². The monoisotopic (exact) mass is 381 g/mol. The van der Waals surface area contributed by atoms with Crippen molar-refractivity contribution >= 4 is 22.4 Å². The minimum Gasteiger partial charge on any atom is -0.483 e. The lowest BCUT2D eigenvalue weighted by Gasteiger charge is -2.14. The molecule has 3 rings (SSSR count). The largest absolute Gasteiger partial charge is 0.483 e. The molecule has 6 heteroatoms. The molecular formula is C21H23N3O2S. The van der Waals surface area contributed by atoms with Gasteiger partial charge in [-0.15, -0.1) is 10.2 Å².